The lowest BCUT2D eigenvalue weighted by atomic mass is 9.87. The van der Waals surface area contributed by atoms with E-state index in [1.165, 1.54) is 0 Å². The Morgan fingerprint density at radius 3 is 2.24 bits per heavy atom. The summed E-state index contributed by atoms with van der Waals surface area (Å²) >= 11 is 0. The van der Waals surface area contributed by atoms with Crippen LogP contribution in [0.3, 0.4) is 0 Å². The molecule has 0 rings (SSSR count). The Bertz CT molecular complexity index is 428. The van der Waals surface area contributed by atoms with Gasteiger partial charge in [-0.3, -0.25) is 4.55 Å². The number of rotatable bonds is 11. The third-order valence-corrected chi connectivity index (χ3v) is 4.95. The average molecular weight is 322 g/mol. The van der Waals surface area contributed by atoms with E-state index in [2.05, 4.69) is 46.8 Å². The summed E-state index contributed by atoms with van der Waals surface area (Å²) in [4.78, 5) is 0. The Hall–Kier alpha value is -0.590. The zero-order chi connectivity index (χ0) is 16.7. The summed E-state index contributed by atoms with van der Waals surface area (Å²) in [6.45, 7) is 13.2. The van der Waals surface area contributed by atoms with Gasteiger partial charge in [0.25, 0.3) is 10.1 Å². The van der Waals surface area contributed by atoms with Gasteiger partial charge in [0.15, 0.2) is 0 Å². The van der Waals surface area contributed by atoms with Gasteiger partial charge in [-0.1, -0.05) is 27.4 Å². The minimum atomic E-state index is -3.84. The summed E-state index contributed by atoms with van der Waals surface area (Å²) in [7, 11) is 0.320. The van der Waals surface area contributed by atoms with Crippen molar-refractivity contribution in [2.45, 2.75) is 40.0 Å². The number of hydrogen-bond acceptors (Lipinski definition) is 3. The molecule has 0 aromatic carbocycles. The third kappa shape index (κ3) is 9.87. The second-order valence-corrected chi connectivity index (χ2v) is 8.59. The maximum Gasteiger partial charge on any atom is 0.265 e. The fourth-order valence-electron chi connectivity index (χ4n) is 1.99. The first-order chi connectivity index (χ1) is 9.40. The molecule has 0 fully saturated rings. The molecule has 0 aromatic heterocycles. The first-order valence-corrected chi connectivity index (χ1v) is 9.21. The molecule has 0 aliphatic rings. The van der Waals surface area contributed by atoms with Gasteiger partial charge in [0.2, 0.25) is 0 Å². The van der Waals surface area contributed by atoms with Crippen molar-refractivity contribution >= 4 is 10.1 Å². The van der Waals surface area contributed by atoms with E-state index in [4.69, 9.17) is 4.55 Å². The highest BCUT2D eigenvalue weighted by molar-refractivity contribution is 7.85. The number of quaternary nitrogens is 1. The lowest BCUT2D eigenvalue weighted by Gasteiger charge is -2.31. The van der Waals surface area contributed by atoms with Gasteiger partial charge < -0.3 is 9.80 Å². The Kier molecular flexibility index (Phi) is 7.92. The molecule has 21 heavy (non-hydrogen) atoms. The van der Waals surface area contributed by atoms with Crippen molar-refractivity contribution in [3.8, 4) is 0 Å². The number of allylic oxidation sites excluding steroid dienone is 1. The molecule has 126 valence electrons. The molecular formula is C15H33N2O3S+. The molecule has 0 radical (unpaired) electrons. The van der Waals surface area contributed by atoms with Crippen LogP contribution >= 0.6 is 0 Å². The van der Waals surface area contributed by atoms with Crippen LogP contribution in [0.15, 0.2) is 12.3 Å². The Balaban J connectivity index is 3.97. The summed E-state index contributed by atoms with van der Waals surface area (Å²) in [6, 6.07) is 0. The molecule has 2 N–H and O–H groups in total. The van der Waals surface area contributed by atoms with E-state index in [1.807, 2.05) is 0 Å². The zero-order valence-corrected chi connectivity index (χ0v) is 15.1. The van der Waals surface area contributed by atoms with Gasteiger partial charge in [0, 0.05) is 30.5 Å². The predicted molar refractivity (Wildman–Crippen MR) is 88.7 cm³/mol. The molecule has 0 saturated heterocycles. The molecular weight excluding hydrogens is 288 g/mol. The molecule has 0 unspecified atom stereocenters. The highest BCUT2D eigenvalue weighted by Crippen LogP contribution is 2.26. The van der Waals surface area contributed by atoms with E-state index in [-0.39, 0.29) is 11.2 Å². The summed E-state index contributed by atoms with van der Waals surface area (Å²) in [5.74, 6) is -0.158. The largest absolute Gasteiger partial charge is 0.388 e. The van der Waals surface area contributed by atoms with Crippen LogP contribution in [0.4, 0.5) is 0 Å². The Morgan fingerprint density at radius 1 is 1.24 bits per heavy atom. The van der Waals surface area contributed by atoms with Gasteiger partial charge in [-0.15, -0.1) is 0 Å². The molecule has 5 nitrogen and oxygen atoms in total. The van der Waals surface area contributed by atoms with E-state index in [0.717, 1.165) is 42.7 Å². The normalized spacial score (nSPS) is 13.2. The van der Waals surface area contributed by atoms with Crippen molar-refractivity contribution in [2.75, 3.05) is 39.5 Å². The molecule has 0 amide bonds. The summed E-state index contributed by atoms with van der Waals surface area (Å²) < 4.78 is 30.9. The molecule has 0 heterocycles. The van der Waals surface area contributed by atoms with Crippen molar-refractivity contribution in [1.29, 1.82) is 0 Å². The SMILES string of the molecule is C=C(NCCC[N+](C)(C)CCCS(=O)(=O)O)C(C)(C)CC. The number of nitrogens with one attached hydrogen (secondary N) is 1. The van der Waals surface area contributed by atoms with E-state index in [0.29, 0.717) is 6.42 Å². The Morgan fingerprint density at radius 2 is 1.76 bits per heavy atom. The Labute approximate surface area is 130 Å². The van der Waals surface area contributed by atoms with Crippen LogP contribution in [0.25, 0.3) is 0 Å². The van der Waals surface area contributed by atoms with Gasteiger partial charge in [0.05, 0.1) is 32.9 Å². The lowest BCUT2D eigenvalue weighted by Crippen LogP contribution is -2.43. The van der Waals surface area contributed by atoms with Gasteiger partial charge in [-0.05, 0) is 6.42 Å². The summed E-state index contributed by atoms with van der Waals surface area (Å²) in [6.07, 6.45) is 2.53. The highest BCUT2D eigenvalue weighted by Gasteiger charge is 2.20. The fourth-order valence-corrected chi connectivity index (χ4v) is 2.48. The lowest BCUT2D eigenvalue weighted by molar-refractivity contribution is -0.890. The minimum absolute atomic E-state index is 0.111. The predicted octanol–water partition coefficient (Wildman–Crippen LogP) is 2.27. The first-order valence-electron chi connectivity index (χ1n) is 7.60. The van der Waals surface area contributed by atoms with E-state index < -0.39 is 10.1 Å². The zero-order valence-electron chi connectivity index (χ0n) is 14.3. The summed E-state index contributed by atoms with van der Waals surface area (Å²) in [5.41, 5.74) is 1.18. The average Bonchev–Trinajstić information content (AvgIpc) is 2.32. The smallest absolute Gasteiger partial charge is 0.265 e. The second-order valence-electron chi connectivity index (χ2n) is 7.02. The first kappa shape index (κ1) is 20.4. The quantitative estimate of drug-likeness (QED) is 0.348. The van der Waals surface area contributed by atoms with Crippen LogP contribution in [0.1, 0.15) is 40.0 Å². The minimum Gasteiger partial charge on any atom is -0.388 e. The maximum atomic E-state index is 10.7. The third-order valence-electron chi connectivity index (χ3n) is 4.15. The highest BCUT2D eigenvalue weighted by atomic mass is 32.2. The molecule has 0 aliphatic carbocycles. The van der Waals surface area contributed by atoms with E-state index >= 15 is 0 Å². The molecule has 0 saturated carbocycles. The maximum absolute atomic E-state index is 10.7. The molecule has 0 bridgehead atoms. The van der Waals surface area contributed by atoms with Crippen molar-refractivity contribution in [3.63, 3.8) is 0 Å². The summed E-state index contributed by atoms with van der Waals surface area (Å²) in [5, 5.41) is 3.39. The topological polar surface area (TPSA) is 66.4 Å². The molecule has 0 aromatic rings. The van der Waals surface area contributed by atoms with Crippen molar-refractivity contribution in [2.24, 2.45) is 5.41 Å². The van der Waals surface area contributed by atoms with Crippen molar-refractivity contribution in [3.05, 3.63) is 12.3 Å². The van der Waals surface area contributed by atoms with Gasteiger partial charge in [-0.2, -0.15) is 8.42 Å². The van der Waals surface area contributed by atoms with Gasteiger partial charge >= 0.3 is 0 Å². The molecule has 6 heteroatoms. The number of nitrogens with zero attached hydrogens (tertiary/aromatic N) is 1. The molecule has 0 spiro atoms. The molecule has 0 aliphatic heterocycles. The van der Waals surface area contributed by atoms with Crippen LogP contribution < -0.4 is 5.32 Å². The standard InChI is InChI=1S/C15H32N2O3S/c1-7-15(3,4)14(2)16-10-8-11-17(5,6)12-9-13-21(18,19)20/h16H,2,7-13H2,1,3-6H3/p+1. The second kappa shape index (κ2) is 8.15. The van der Waals surface area contributed by atoms with Crippen LogP contribution in [-0.4, -0.2) is 56.9 Å². The van der Waals surface area contributed by atoms with Crippen LogP contribution in [-0.2, 0) is 10.1 Å². The van der Waals surface area contributed by atoms with Gasteiger partial charge in [0.1, 0.15) is 0 Å². The van der Waals surface area contributed by atoms with Gasteiger partial charge in [-0.25, -0.2) is 0 Å². The number of hydrogen-bond donors (Lipinski definition) is 2. The van der Waals surface area contributed by atoms with Crippen molar-refractivity contribution in [1.82, 2.24) is 5.32 Å². The van der Waals surface area contributed by atoms with Crippen LogP contribution in [0.2, 0.25) is 0 Å². The molecule has 0 atom stereocenters. The fraction of sp³-hybridized carbons (Fsp3) is 0.867. The van der Waals surface area contributed by atoms with Crippen molar-refractivity contribution < 1.29 is 17.5 Å². The van der Waals surface area contributed by atoms with Crippen LogP contribution in [0.5, 0.6) is 0 Å². The van der Waals surface area contributed by atoms with E-state index in [9.17, 15) is 8.42 Å². The van der Waals surface area contributed by atoms with E-state index in [1.54, 1.807) is 0 Å². The van der Waals surface area contributed by atoms with Crippen LogP contribution in [0, 0.1) is 5.41 Å². The monoisotopic (exact) mass is 321 g/mol.